The summed E-state index contributed by atoms with van der Waals surface area (Å²) >= 11 is 0. The van der Waals surface area contributed by atoms with E-state index in [1.54, 1.807) is 4.52 Å². The molecule has 0 spiro atoms. The second-order valence-electron chi connectivity index (χ2n) is 4.27. The summed E-state index contributed by atoms with van der Waals surface area (Å²) in [5.41, 5.74) is 1.96. The molecule has 84 valence electrons. The van der Waals surface area contributed by atoms with Crippen molar-refractivity contribution in [1.82, 2.24) is 14.6 Å². The highest BCUT2D eigenvalue weighted by atomic mass is 16.3. The van der Waals surface area contributed by atoms with Crippen molar-refractivity contribution in [2.75, 3.05) is 18.0 Å². The van der Waals surface area contributed by atoms with E-state index < -0.39 is 0 Å². The average Bonchev–Trinajstić information content (AvgIpc) is 2.86. The zero-order valence-electron chi connectivity index (χ0n) is 9.17. The summed E-state index contributed by atoms with van der Waals surface area (Å²) in [6, 6.07) is 1.94. The molecule has 5 heteroatoms. The molecule has 16 heavy (non-hydrogen) atoms. The molecule has 1 unspecified atom stereocenters. The van der Waals surface area contributed by atoms with Crippen molar-refractivity contribution in [2.24, 2.45) is 0 Å². The molecule has 1 saturated heterocycles. The van der Waals surface area contributed by atoms with E-state index >= 15 is 0 Å². The smallest absolute Gasteiger partial charge is 0.160 e. The second-order valence-corrected chi connectivity index (χ2v) is 4.27. The van der Waals surface area contributed by atoms with Crippen molar-refractivity contribution < 1.29 is 5.11 Å². The fourth-order valence-electron chi connectivity index (χ4n) is 2.10. The maximum atomic E-state index is 9.50. The molecule has 0 aliphatic carbocycles. The molecule has 1 atom stereocenters. The molecule has 1 N–H and O–H groups in total. The number of aliphatic hydroxyl groups is 1. The summed E-state index contributed by atoms with van der Waals surface area (Å²) < 4.78 is 1.77. The summed E-state index contributed by atoms with van der Waals surface area (Å²) in [6.07, 6.45) is 4.33. The van der Waals surface area contributed by atoms with E-state index in [1.165, 1.54) is 0 Å². The standard InChI is InChI=1S/C11H14N4O/c1-8-6-12-15-5-3-10(13-11(8)15)14-4-2-9(16)7-14/h3,5-6,9,16H,2,4,7H2,1H3. The van der Waals surface area contributed by atoms with Crippen LogP contribution in [-0.4, -0.2) is 38.9 Å². The van der Waals surface area contributed by atoms with Crippen LogP contribution in [-0.2, 0) is 0 Å². The first-order valence-corrected chi connectivity index (χ1v) is 5.48. The van der Waals surface area contributed by atoms with Crippen LogP contribution in [0.5, 0.6) is 0 Å². The lowest BCUT2D eigenvalue weighted by atomic mass is 10.3. The first-order valence-electron chi connectivity index (χ1n) is 5.48. The number of β-amino-alcohol motifs (C(OH)–C–C–N with tert-alkyl or cyclic N) is 1. The van der Waals surface area contributed by atoms with E-state index in [1.807, 2.05) is 25.4 Å². The van der Waals surface area contributed by atoms with Gasteiger partial charge in [0.1, 0.15) is 5.82 Å². The van der Waals surface area contributed by atoms with Gasteiger partial charge in [-0.3, -0.25) is 0 Å². The summed E-state index contributed by atoms with van der Waals surface area (Å²) in [4.78, 5) is 6.67. The maximum Gasteiger partial charge on any atom is 0.160 e. The lowest BCUT2D eigenvalue weighted by molar-refractivity contribution is 0.198. The van der Waals surface area contributed by atoms with Crippen molar-refractivity contribution in [3.8, 4) is 0 Å². The highest BCUT2D eigenvalue weighted by Gasteiger charge is 2.21. The Kier molecular flexibility index (Phi) is 2.07. The third kappa shape index (κ3) is 1.44. The van der Waals surface area contributed by atoms with Gasteiger partial charge in [0.05, 0.1) is 12.3 Å². The number of aliphatic hydroxyl groups excluding tert-OH is 1. The summed E-state index contributed by atoms with van der Waals surface area (Å²) in [5.74, 6) is 0.924. The van der Waals surface area contributed by atoms with Crippen LogP contribution in [0.15, 0.2) is 18.5 Å². The minimum absolute atomic E-state index is 0.218. The van der Waals surface area contributed by atoms with Crippen molar-refractivity contribution >= 4 is 11.5 Å². The van der Waals surface area contributed by atoms with Gasteiger partial charge < -0.3 is 10.0 Å². The van der Waals surface area contributed by atoms with Gasteiger partial charge in [-0.2, -0.15) is 5.10 Å². The molecule has 3 rings (SSSR count). The first kappa shape index (κ1) is 9.59. The lowest BCUT2D eigenvalue weighted by Crippen LogP contribution is -2.22. The van der Waals surface area contributed by atoms with E-state index in [0.29, 0.717) is 6.54 Å². The van der Waals surface area contributed by atoms with Crippen LogP contribution in [0, 0.1) is 6.92 Å². The second kappa shape index (κ2) is 3.45. The molecular weight excluding hydrogens is 204 g/mol. The van der Waals surface area contributed by atoms with Gasteiger partial charge >= 0.3 is 0 Å². The topological polar surface area (TPSA) is 53.7 Å². The van der Waals surface area contributed by atoms with Gasteiger partial charge in [0.25, 0.3) is 0 Å². The molecule has 2 aromatic rings. The minimum atomic E-state index is -0.218. The first-order chi connectivity index (χ1) is 7.74. The maximum absolute atomic E-state index is 9.50. The lowest BCUT2D eigenvalue weighted by Gasteiger charge is -2.16. The van der Waals surface area contributed by atoms with Crippen LogP contribution in [0.3, 0.4) is 0 Å². The van der Waals surface area contributed by atoms with E-state index in [-0.39, 0.29) is 6.10 Å². The summed E-state index contributed by atoms with van der Waals surface area (Å²) in [6.45, 7) is 3.55. The average molecular weight is 218 g/mol. The Bertz CT molecular complexity index is 522. The van der Waals surface area contributed by atoms with Gasteiger partial charge in [0.2, 0.25) is 0 Å². The van der Waals surface area contributed by atoms with Crippen LogP contribution in [0.2, 0.25) is 0 Å². The van der Waals surface area contributed by atoms with Crippen LogP contribution < -0.4 is 4.90 Å². The quantitative estimate of drug-likeness (QED) is 0.762. The van der Waals surface area contributed by atoms with Gasteiger partial charge in [-0.1, -0.05) is 0 Å². The largest absolute Gasteiger partial charge is 0.391 e. The van der Waals surface area contributed by atoms with Gasteiger partial charge in [-0.05, 0) is 19.4 Å². The van der Waals surface area contributed by atoms with E-state index in [0.717, 1.165) is 30.0 Å². The van der Waals surface area contributed by atoms with Gasteiger partial charge in [0, 0.05) is 24.8 Å². The van der Waals surface area contributed by atoms with Gasteiger partial charge in [0.15, 0.2) is 5.65 Å². The number of aromatic nitrogens is 3. The molecule has 1 aliphatic heterocycles. The van der Waals surface area contributed by atoms with Gasteiger partial charge in [-0.25, -0.2) is 9.50 Å². The summed E-state index contributed by atoms with van der Waals surface area (Å²) in [5, 5.41) is 13.7. The van der Waals surface area contributed by atoms with Crippen molar-refractivity contribution in [3.63, 3.8) is 0 Å². The Labute approximate surface area is 93.3 Å². The molecule has 0 aromatic carbocycles. The molecule has 0 bridgehead atoms. The highest BCUT2D eigenvalue weighted by molar-refractivity contribution is 5.52. The predicted octanol–water partition coefficient (Wildman–Crippen LogP) is 0.609. The minimum Gasteiger partial charge on any atom is -0.391 e. The Hall–Kier alpha value is -1.62. The molecular formula is C11H14N4O. The third-order valence-electron chi connectivity index (χ3n) is 3.02. The number of hydrogen-bond donors (Lipinski definition) is 1. The third-order valence-corrected chi connectivity index (χ3v) is 3.02. The number of rotatable bonds is 1. The number of aryl methyl sites for hydroxylation is 1. The number of fused-ring (bicyclic) bond motifs is 1. The number of hydrogen-bond acceptors (Lipinski definition) is 4. The predicted molar refractivity (Wildman–Crippen MR) is 60.6 cm³/mol. The van der Waals surface area contributed by atoms with Crippen LogP contribution >= 0.6 is 0 Å². The molecule has 0 saturated carbocycles. The zero-order valence-corrected chi connectivity index (χ0v) is 9.17. The van der Waals surface area contributed by atoms with Crippen molar-refractivity contribution in [1.29, 1.82) is 0 Å². The van der Waals surface area contributed by atoms with E-state index in [9.17, 15) is 5.11 Å². The Morgan fingerprint density at radius 1 is 1.50 bits per heavy atom. The molecule has 2 aromatic heterocycles. The van der Waals surface area contributed by atoms with Crippen LogP contribution in [0.4, 0.5) is 5.82 Å². The SMILES string of the molecule is Cc1cnn2ccc(N3CCC(O)C3)nc12. The number of anilines is 1. The van der Waals surface area contributed by atoms with Gasteiger partial charge in [-0.15, -0.1) is 0 Å². The molecule has 0 amide bonds. The van der Waals surface area contributed by atoms with Crippen molar-refractivity contribution in [3.05, 3.63) is 24.0 Å². The molecule has 0 radical (unpaired) electrons. The number of nitrogens with zero attached hydrogens (tertiary/aromatic N) is 4. The zero-order chi connectivity index (χ0) is 11.1. The van der Waals surface area contributed by atoms with E-state index in [4.69, 9.17) is 0 Å². The Morgan fingerprint density at radius 3 is 3.12 bits per heavy atom. The fraction of sp³-hybridized carbons (Fsp3) is 0.455. The normalized spacial score (nSPS) is 20.9. The van der Waals surface area contributed by atoms with Crippen LogP contribution in [0.1, 0.15) is 12.0 Å². The molecule has 1 fully saturated rings. The summed E-state index contributed by atoms with van der Waals surface area (Å²) in [7, 11) is 0. The molecule has 5 nitrogen and oxygen atoms in total. The van der Waals surface area contributed by atoms with Crippen molar-refractivity contribution in [2.45, 2.75) is 19.4 Å². The molecule has 1 aliphatic rings. The Balaban J connectivity index is 2.01. The fourth-order valence-corrected chi connectivity index (χ4v) is 2.10. The highest BCUT2D eigenvalue weighted by Crippen LogP contribution is 2.19. The molecule has 3 heterocycles. The van der Waals surface area contributed by atoms with E-state index in [2.05, 4.69) is 15.0 Å². The van der Waals surface area contributed by atoms with Crippen LogP contribution in [0.25, 0.3) is 5.65 Å². The monoisotopic (exact) mass is 218 g/mol. The Morgan fingerprint density at radius 2 is 2.38 bits per heavy atom.